The van der Waals surface area contributed by atoms with E-state index in [2.05, 4.69) is 6.07 Å². The third-order valence-electron chi connectivity index (χ3n) is 4.12. The molecule has 104 valence electrons. The van der Waals surface area contributed by atoms with Crippen molar-refractivity contribution in [2.24, 2.45) is 5.92 Å². The molecule has 0 radical (unpaired) electrons. The van der Waals surface area contributed by atoms with Crippen molar-refractivity contribution in [3.8, 4) is 0 Å². The van der Waals surface area contributed by atoms with Crippen molar-refractivity contribution < 1.29 is 5.11 Å². The summed E-state index contributed by atoms with van der Waals surface area (Å²) in [5, 5.41) is 11.8. The van der Waals surface area contributed by atoms with E-state index in [9.17, 15) is 5.11 Å². The Hall–Kier alpha value is -1.02. The van der Waals surface area contributed by atoms with Crippen LogP contribution in [0.15, 0.2) is 42.5 Å². The van der Waals surface area contributed by atoms with Crippen LogP contribution in [-0.2, 0) is 12.8 Å². The van der Waals surface area contributed by atoms with E-state index in [1.54, 1.807) is 6.07 Å². The third kappa shape index (κ3) is 2.58. The van der Waals surface area contributed by atoms with Crippen LogP contribution in [0, 0.1) is 5.92 Å². The van der Waals surface area contributed by atoms with Crippen molar-refractivity contribution in [2.45, 2.75) is 25.4 Å². The monoisotopic (exact) mass is 306 g/mol. The van der Waals surface area contributed by atoms with Crippen molar-refractivity contribution in [2.75, 3.05) is 0 Å². The lowest BCUT2D eigenvalue weighted by atomic mass is 9.78. The molecule has 1 nitrogen and oxygen atoms in total. The summed E-state index contributed by atoms with van der Waals surface area (Å²) in [4.78, 5) is 0. The van der Waals surface area contributed by atoms with Crippen molar-refractivity contribution in [1.82, 2.24) is 0 Å². The summed E-state index contributed by atoms with van der Waals surface area (Å²) in [6.07, 6.45) is 2.32. The van der Waals surface area contributed by atoms with Gasteiger partial charge in [0.25, 0.3) is 0 Å². The predicted octanol–water partition coefficient (Wildman–Crippen LogP) is 4.83. The maximum Gasteiger partial charge on any atom is 0.0824 e. The molecule has 3 heteroatoms. The van der Waals surface area contributed by atoms with E-state index in [0.29, 0.717) is 10.0 Å². The van der Waals surface area contributed by atoms with Crippen LogP contribution in [0.1, 0.15) is 29.2 Å². The molecule has 0 heterocycles. The summed E-state index contributed by atoms with van der Waals surface area (Å²) in [6.45, 7) is 0. The first-order chi connectivity index (χ1) is 9.66. The minimum absolute atomic E-state index is 0.195. The lowest BCUT2D eigenvalue weighted by molar-refractivity contribution is 0.0937. The second-order valence-corrected chi connectivity index (χ2v) is 6.14. The molecular formula is C17H16Cl2O. The van der Waals surface area contributed by atoms with Gasteiger partial charge in [0.05, 0.1) is 16.1 Å². The zero-order chi connectivity index (χ0) is 14.1. The standard InChI is InChI=1S/C17H16Cl2O/c18-15-7-3-5-12(16(15)19)10-13-9-8-11-4-1-2-6-14(11)17(13)20/h1-7,13,17,20H,8-10H2. The molecule has 20 heavy (non-hydrogen) atoms. The number of aryl methyl sites for hydroxylation is 1. The molecular weight excluding hydrogens is 291 g/mol. The maximum atomic E-state index is 10.6. The van der Waals surface area contributed by atoms with Crippen molar-refractivity contribution in [3.63, 3.8) is 0 Å². The number of fused-ring (bicyclic) bond motifs is 1. The summed E-state index contributed by atoms with van der Waals surface area (Å²) >= 11 is 12.3. The summed E-state index contributed by atoms with van der Waals surface area (Å²) in [5.74, 6) is 0.195. The van der Waals surface area contributed by atoms with Gasteiger partial charge >= 0.3 is 0 Å². The average molecular weight is 307 g/mol. The van der Waals surface area contributed by atoms with Crippen molar-refractivity contribution in [3.05, 3.63) is 69.2 Å². The van der Waals surface area contributed by atoms with Crippen LogP contribution in [0.4, 0.5) is 0 Å². The van der Waals surface area contributed by atoms with E-state index >= 15 is 0 Å². The first kappa shape index (κ1) is 13.9. The van der Waals surface area contributed by atoms with Crippen molar-refractivity contribution >= 4 is 23.2 Å². The van der Waals surface area contributed by atoms with Crippen LogP contribution in [0.3, 0.4) is 0 Å². The predicted molar refractivity (Wildman–Crippen MR) is 83.4 cm³/mol. The number of hydrogen-bond donors (Lipinski definition) is 1. The molecule has 0 saturated heterocycles. The average Bonchev–Trinajstić information content (AvgIpc) is 2.47. The first-order valence-corrected chi connectivity index (χ1v) is 7.61. The van der Waals surface area contributed by atoms with Crippen LogP contribution in [0.2, 0.25) is 10.0 Å². The summed E-state index contributed by atoms with van der Waals surface area (Å²) in [7, 11) is 0. The Morgan fingerprint density at radius 2 is 1.85 bits per heavy atom. The normalized spacial score (nSPS) is 21.6. The molecule has 2 atom stereocenters. The fraction of sp³-hybridized carbons (Fsp3) is 0.294. The largest absolute Gasteiger partial charge is 0.388 e. The van der Waals surface area contributed by atoms with E-state index in [4.69, 9.17) is 23.2 Å². The number of halogens is 2. The lowest BCUT2D eigenvalue weighted by Gasteiger charge is -2.30. The van der Waals surface area contributed by atoms with E-state index in [-0.39, 0.29) is 5.92 Å². The highest BCUT2D eigenvalue weighted by Crippen LogP contribution is 2.38. The number of benzene rings is 2. The Balaban J connectivity index is 1.85. The van der Waals surface area contributed by atoms with Crippen LogP contribution in [0.25, 0.3) is 0 Å². The molecule has 2 aromatic rings. The van der Waals surface area contributed by atoms with E-state index < -0.39 is 6.10 Å². The number of hydrogen-bond acceptors (Lipinski definition) is 1. The molecule has 0 amide bonds. The van der Waals surface area contributed by atoms with Gasteiger partial charge in [-0.25, -0.2) is 0 Å². The number of aliphatic hydroxyl groups excluding tert-OH is 1. The Morgan fingerprint density at radius 1 is 1.05 bits per heavy atom. The van der Waals surface area contributed by atoms with Crippen LogP contribution in [-0.4, -0.2) is 5.11 Å². The zero-order valence-electron chi connectivity index (χ0n) is 11.0. The van der Waals surface area contributed by atoms with Gasteiger partial charge in [-0.15, -0.1) is 0 Å². The lowest BCUT2D eigenvalue weighted by Crippen LogP contribution is -2.22. The topological polar surface area (TPSA) is 20.2 Å². The third-order valence-corrected chi connectivity index (χ3v) is 4.98. The molecule has 3 rings (SSSR count). The Morgan fingerprint density at radius 3 is 2.70 bits per heavy atom. The Bertz CT molecular complexity index is 624. The van der Waals surface area contributed by atoms with E-state index in [0.717, 1.165) is 30.4 Å². The first-order valence-electron chi connectivity index (χ1n) is 6.85. The Kier molecular flexibility index (Phi) is 4.02. The minimum Gasteiger partial charge on any atom is -0.388 e. The maximum absolute atomic E-state index is 10.6. The molecule has 0 bridgehead atoms. The smallest absolute Gasteiger partial charge is 0.0824 e. The number of rotatable bonds is 2. The molecule has 0 fully saturated rings. The molecule has 0 spiro atoms. The van der Waals surface area contributed by atoms with Gasteiger partial charge in [-0.05, 0) is 47.9 Å². The van der Waals surface area contributed by atoms with Gasteiger partial charge < -0.3 is 5.11 Å². The molecule has 1 aliphatic carbocycles. The Labute approximate surface area is 129 Å². The van der Waals surface area contributed by atoms with Gasteiger partial charge in [0.2, 0.25) is 0 Å². The fourth-order valence-electron chi connectivity index (χ4n) is 3.01. The second kappa shape index (κ2) is 5.77. The SMILES string of the molecule is OC1c2ccccc2CCC1Cc1cccc(Cl)c1Cl. The van der Waals surface area contributed by atoms with E-state index in [1.807, 2.05) is 30.3 Å². The summed E-state index contributed by atoms with van der Waals surface area (Å²) < 4.78 is 0. The van der Waals surface area contributed by atoms with Gasteiger partial charge in [0.1, 0.15) is 0 Å². The highest BCUT2D eigenvalue weighted by Gasteiger charge is 2.28. The molecule has 2 unspecified atom stereocenters. The van der Waals surface area contributed by atoms with Gasteiger partial charge in [-0.2, -0.15) is 0 Å². The number of aliphatic hydroxyl groups is 1. The summed E-state index contributed by atoms with van der Waals surface area (Å²) in [5.41, 5.74) is 3.33. The second-order valence-electron chi connectivity index (χ2n) is 5.36. The van der Waals surface area contributed by atoms with Crippen LogP contribution < -0.4 is 0 Å². The molecule has 1 aliphatic rings. The van der Waals surface area contributed by atoms with Crippen LogP contribution in [0.5, 0.6) is 0 Å². The molecule has 0 aliphatic heterocycles. The molecule has 1 N–H and O–H groups in total. The molecule has 0 saturated carbocycles. The van der Waals surface area contributed by atoms with Gasteiger partial charge in [0.15, 0.2) is 0 Å². The fourth-order valence-corrected chi connectivity index (χ4v) is 3.40. The van der Waals surface area contributed by atoms with Gasteiger partial charge in [-0.3, -0.25) is 0 Å². The van der Waals surface area contributed by atoms with Gasteiger partial charge in [-0.1, -0.05) is 59.6 Å². The highest BCUT2D eigenvalue weighted by atomic mass is 35.5. The van der Waals surface area contributed by atoms with Gasteiger partial charge in [0, 0.05) is 0 Å². The molecule has 0 aromatic heterocycles. The highest BCUT2D eigenvalue weighted by molar-refractivity contribution is 6.42. The quantitative estimate of drug-likeness (QED) is 0.842. The summed E-state index contributed by atoms with van der Waals surface area (Å²) in [6, 6.07) is 13.8. The molecule has 2 aromatic carbocycles. The minimum atomic E-state index is -0.421. The zero-order valence-corrected chi connectivity index (χ0v) is 12.5. The van der Waals surface area contributed by atoms with Crippen LogP contribution >= 0.6 is 23.2 Å². The van der Waals surface area contributed by atoms with Crippen molar-refractivity contribution in [1.29, 1.82) is 0 Å². The van der Waals surface area contributed by atoms with E-state index in [1.165, 1.54) is 5.56 Å².